The van der Waals surface area contributed by atoms with Crippen LogP contribution in [0.1, 0.15) is 25.0 Å². The first-order valence-electron chi connectivity index (χ1n) is 8.93. The van der Waals surface area contributed by atoms with Crippen LogP contribution in [0, 0.1) is 6.92 Å². The van der Waals surface area contributed by atoms with Gasteiger partial charge in [-0.1, -0.05) is 32.0 Å². The lowest BCUT2D eigenvalue weighted by Crippen LogP contribution is -2.47. The van der Waals surface area contributed by atoms with E-state index in [0.717, 1.165) is 29.6 Å². The van der Waals surface area contributed by atoms with Gasteiger partial charge in [-0.15, -0.1) is 0 Å². The van der Waals surface area contributed by atoms with Gasteiger partial charge in [-0.3, -0.25) is 14.5 Å². The summed E-state index contributed by atoms with van der Waals surface area (Å²) in [6.07, 6.45) is 1.36. The Morgan fingerprint density at radius 2 is 1.88 bits per heavy atom. The Bertz CT molecular complexity index is 852. The van der Waals surface area contributed by atoms with Gasteiger partial charge in [-0.05, 0) is 42.1 Å². The number of H-pyrrole nitrogens is 1. The Balaban J connectivity index is 0.00000117. The maximum Gasteiger partial charge on any atom is 0.251 e. The zero-order valence-corrected chi connectivity index (χ0v) is 16.4. The Labute approximate surface area is 159 Å². The Morgan fingerprint density at radius 3 is 2.50 bits per heavy atom. The number of nitrogens with one attached hydrogen (secondary N) is 1. The highest BCUT2D eigenvalue weighted by molar-refractivity contribution is 6.32. The molecule has 3 rings (SSSR count). The number of carbonyl (C=O) groups excluding carboxylic acids is 1. The van der Waals surface area contributed by atoms with E-state index in [1.54, 1.807) is 11.8 Å². The molecule has 0 aliphatic carbocycles. The van der Waals surface area contributed by atoms with Crippen LogP contribution in [0.25, 0.3) is 10.9 Å². The number of pyridine rings is 1. The molecule has 1 aromatic heterocycles. The van der Waals surface area contributed by atoms with Crippen molar-refractivity contribution in [3.63, 3.8) is 0 Å². The minimum absolute atomic E-state index is 0.0219. The van der Waals surface area contributed by atoms with Gasteiger partial charge in [0.15, 0.2) is 0 Å². The normalized spacial score (nSPS) is 14.7. The second-order valence-electron chi connectivity index (χ2n) is 6.12. The zero-order valence-electron chi connectivity index (χ0n) is 15.6. The highest BCUT2D eigenvalue weighted by Crippen LogP contribution is 2.24. The number of benzene rings is 1. The van der Waals surface area contributed by atoms with E-state index in [9.17, 15) is 9.59 Å². The highest BCUT2D eigenvalue weighted by Gasteiger charge is 2.20. The maximum atomic E-state index is 11.8. The van der Waals surface area contributed by atoms with E-state index in [1.807, 2.05) is 32.0 Å². The average molecular weight is 376 g/mol. The molecule has 2 heterocycles. The Morgan fingerprint density at radius 1 is 1.23 bits per heavy atom. The first-order chi connectivity index (χ1) is 12.5. The summed E-state index contributed by atoms with van der Waals surface area (Å²) >= 11 is 6.42. The van der Waals surface area contributed by atoms with Crippen molar-refractivity contribution in [2.24, 2.45) is 0 Å². The zero-order chi connectivity index (χ0) is 19.3. The molecule has 1 aliphatic heterocycles. The summed E-state index contributed by atoms with van der Waals surface area (Å²) in [5.41, 5.74) is 2.37. The number of aromatic nitrogens is 1. The van der Waals surface area contributed by atoms with Gasteiger partial charge < -0.3 is 9.88 Å². The SMILES string of the molecule is C=CC(=O)N1CCN(Cc2cc3[nH]c(=O)c(C)cc3cc2Cl)CC1.CC. The molecule has 2 aromatic rings. The van der Waals surface area contributed by atoms with E-state index in [1.165, 1.54) is 6.08 Å². The van der Waals surface area contributed by atoms with Crippen LogP contribution in [0.5, 0.6) is 0 Å². The molecule has 1 aromatic carbocycles. The lowest BCUT2D eigenvalue weighted by atomic mass is 10.1. The van der Waals surface area contributed by atoms with Gasteiger partial charge in [0.25, 0.3) is 5.56 Å². The number of piperazine rings is 1. The van der Waals surface area contributed by atoms with Crippen LogP contribution in [0.3, 0.4) is 0 Å². The Kier molecular flexibility index (Phi) is 7.00. The number of rotatable bonds is 3. The molecule has 26 heavy (non-hydrogen) atoms. The molecular weight excluding hydrogens is 350 g/mol. The largest absolute Gasteiger partial charge is 0.337 e. The van der Waals surface area contributed by atoms with Crippen molar-refractivity contribution < 1.29 is 4.79 Å². The van der Waals surface area contributed by atoms with Crippen LogP contribution < -0.4 is 5.56 Å². The van der Waals surface area contributed by atoms with Crippen LogP contribution in [0.15, 0.2) is 35.6 Å². The smallest absolute Gasteiger partial charge is 0.251 e. The first kappa shape index (κ1) is 20.2. The van der Waals surface area contributed by atoms with Gasteiger partial charge in [0.1, 0.15) is 0 Å². The van der Waals surface area contributed by atoms with Gasteiger partial charge >= 0.3 is 0 Å². The third-order valence-electron chi connectivity index (χ3n) is 4.45. The third kappa shape index (κ3) is 4.54. The molecule has 0 saturated carbocycles. The van der Waals surface area contributed by atoms with Crippen LogP contribution in [-0.4, -0.2) is 46.9 Å². The molecule has 0 bridgehead atoms. The van der Waals surface area contributed by atoms with Crippen molar-refractivity contribution in [3.8, 4) is 0 Å². The lowest BCUT2D eigenvalue weighted by Gasteiger charge is -2.34. The fraction of sp³-hybridized carbons (Fsp3) is 0.400. The van der Waals surface area contributed by atoms with Crippen molar-refractivity contribution in [2.75, 3.05) is 26.2 Å². The van der Waals surface area contributed by atoms with E-state index >= 15 is 0 Å². The molecule has 0 atom stereocenters. The summed E-state index contributed by atoms with van der Waals surface area (Å²) in [5.74, 6) is -0.0219. The maximum absolute atomic E-state index is 11.8. The van der Waals surface area contributed by atoms with Crippen LogP contribution in [0.4, 0.5) is 0 Å². The molecule has 140 valence electrons. The van der Waals surface area contributed by atoms with Crippen LogP contribution in [0.2, 0.25) is 5.02 Å². The topological polar surface area (TPSA) is 56.4 Å². The number of aryl methyl sites for hydroxylation is 1. The summed E-state index contributed by atoms with van der Waals surface area (Å²) < 4.78 is 0. The van der Waals surface area contributed by atoms with Gasteiger partial charge in [0, 0.05) is 48.8 Å². The standard InChI is InChI=1S/C18H20ClN3O2.C2H6/c1-3-17(23)22-6-4-21(5-7-22)11-14-10-16-13(9-15(14)19)8-12(2)18(24)20-16;1-2/h3,8-10H,1,4-7,11H2,2H3,(H,20,24);1-2H3. The van der Waals surface area contributed by atoms with Crippen molar-refractivity contribution in [3.05, 3.63) is 57.4 Å². The van der Waals surface area contributed by atoms with Gasteiger partial charge in [-0.25, -0.2) is 0 Å². The third-order valence-corrected chi connectivity index (χ3v) is 4.80. The van der Waals surface area contributed by atoms with Crippen LogP contribution in [-0.2, 0) is 11.3 Å². The molecule has 6 heteroatoms. The van der Waals surface area contributed by atoms with Gasteiger partial charge in [-0.2, -0.15) is 0 Å². The molecule has 1 amide bonds. The number of halogens is 1. The second kappa shape index (κ2) is 9.01. The van der Waals surface area contributed by atoms with Crippen molar-refractivity contribution >= 4 is 28.4 Å². The predicted octanol–water partition coefficient (Wildman–Crippen LogP) is 3.35. The average Bonchev–Trinajstić information content (AvgIpc) is 2.66. The summed E-state index contributed by atoms with van der Waals surface area (Å²) in [4.78, 5) is 30.4. The number of amides is 1. The fourth-order valence-electron chi connectivity index (χ4n) is 3.00. The monoisotopic (exact) mass is 375 g/mol. The molecule has 0 radical (unpaired) electrons. The molecule has 0 spiro atoms. The molecule has 1 N–H and O–H groups in total. The van der Waals surface area contributed by atoms with E-state index in [0.29, 0.717) is 30.2 Å². The second-order valence-corrected chi connectivity index (χ2v) is 6.53. The van der Waals surface area contributed by atoms with E-state index in [-0.39, 0.29) is 11.5 Å². The number of aromatic amines is 1. The van der Waals surface area contributed by atoms with Gasteiger partial charge in [0.05, 0.1) is 0 Å². The molecule has 1 aliphatic rings. The summed E-state index contributed by atoms with van der Waals surface area (Å²) in [5, 5.41) is 1.63. The Hall–Kier alpha value is -2.11. The fourth-order valence-corrected chi connectivity index (χ4v) is 3.23. The molecule has 0 unspecified atom stereocenters. The molecular formula is C20H26ClN3O2. The van der Waals surface area contributed by atoms with Crippen LogP contribution >= 0.6 is 11.6 Å². The molecule has 1 fully saturated rings. The van der Waals surface area contributed by atoms with Gasteiger partial charge in [0.2, 0.25) is 5.91 Å². The highest BCUT2D eigenvalue weighted by atomic mass is 35.5. The minimum Gasteiger partial charge on any atom is -0.337 e. The summed E-state index contributed by atoms with van der Waals surface area (Å²) in [6, 6.07) is 5.69. The number of fused-ring (bicyclic) bond motifs is 1. The minimum atomic E-state index is -0.0766. The van der Waals surface area contributed by atoms with Crippen molar-refractivity contribution in [2.45, 2.75) is 27.3 Å². The first-order valence-corrected chi connectivity index (χ1v) is 9.31. The van der Waals surface area contributed by atoms with E-state index in [4.69, 9.17) is 11.6 Å². The van der Waals surface area contributed by atoms with Crippen molar-refractivity contribution in [1.29, 1.82) is 0 Å². The van der Waals surface area contributed by atoms with Crippen molar-refractivity contribution in [1.82, 2.24) is 14.8 Å². The number of carbonyl (C=O) groups is 1. The van der Waals surface area contributed by atoms with E-state index in [2.05, 4.69) is 16.5 Å². The summed E-state index contributed by atoms with van der Waals surface area (Å²) in [6.45, 7) is 13.0. The summed E-state index contributed by atoms with van der Waals surface area (Å²) in [7, 11) is 0. The predicted molar refractivity (Wildman–Crippen MR) is 108 cm³/mol. The lowest BCUT2D eigenvalue weighted by molar-refractivity contribution is -0.127. The number of hydrogen-bond donors (Lipinski definition) is 1. The molecule has 5 nitrogen and oxygen atoms in total. The quantitative estimate of drug-likeness (QED) is 0.837. The van der Waals surface area contributed by atoms with E-state index < -0.39 is 0 Å². The number of hydrogen-bond acceptors (Lipinski definition) is 3. The molecule has 1 saturated heterocycles. The number of nitrogens with zero attached hydrogens (tertiary/aromatic N) is 2.